The van der Waals surface area contributed by atoms with Gasteiger partial charge in [0.1, 0.15) is 0 Å². The summed E-state index contributed by atoms with van der Waals surface area (Å²) in [5.41, 5.74) is 0.731. The molecule has 1 aromatic carbocycles. The fourth-order valence-electron chi connectivity index (χ4n) is 1.46. The Balaban J connectivity index is 2.93. The van der Waals surface area contributed by atoms with Crippen LogP contribution in [0.2, 0.25) is 0 Å². The lowest BCUT2D eigenvalue weighted by Gasteiger charge is -2.12. The summed E-state index contributed by atoms with van der Waals surface area (Å²) in [6.45, 7) is 4.12. The molecular weight excluding hydrogens is 267 g/mol. The van der Waals surface area contributed by atoms with Crippen molar-refractivity contribution < 1.29 is 23.5 Å². The van der Waals surface area contributed by atoms with Crippen molar-refractivity contribution in [2.75, 3.05) is 20.3 Å². The number of ether oxygens (including phenoxy) is 1. The Labute approximate surface area is 113 Å². The molecule has 0 radical (unpaired) electrons. The van der Waals surface area contributed by atoms with E-state index < -0.39 is 7.60 Å². The number of benzene rings is 1. The van der Waals surface area contributed by atoms with Gasteiger partial charge in [-0.3, -0.25) is 4.57 Å². The van der Waals surface area contributed by atoms with Gasteiger partial charge in [-0.25, -0.2) is 0 Å². The molecule has 0 aliphatic rings. The Hall–Kier alpha value is -1.29. The van der Waals surface area contributed by atoms with Crippen LogP contribution in [-0.4, -0.2) is 25.4 Å². The van der Waals surface area contributed by atoms with Crippen molar-refractivity contribution in [2.24, 2.45) is 0 Å². The third kappa shape index (κ3) is 4.71. The number of phenols is 1. The first kappa shape index (κ1) is 15.8. The summed E-state index contributed by atoms with van der Waals surface area (Å²) >= 11 is 0. The minimum Gasteiger partial charge on any atom is -0.504 e. The van der Waals surface area contributed by atoms with Crippen LogP contribution < -0.4 is 4.74 Å². The zero-order valence-corrected chi connectivity index (χ0v) is 12.2. The van der Waals surface area contributed by atoms with Gasteiger partial charge in [0.15, 0.2) is 11.5 Å². The highest BCUT2D eigenvalue weighted by atomic mass is 31.2. The highest BCUT2D eigenvalue weighted by Crippen LogP contribution is 2.50. The van der Waals surface area contributed by atoms with Crippen LogP contribution in [-0.2, 0) is 13.6 Å². The highest BCUT2D eigenvalue weighted by molar-refractivity contribution is 7.57. The van der Waals surface area contributed by atoms with E-state index in [1.165, 1.54) is 19.0 Å². The molecule has 6 heteroatoms. The summed E-state index contributed by atoms with van der Waals surface area (Å²) in [5, 5.41) is 9.48. The first-order valence-corrected chi connectivity index (χ1v) is 7.61. The molecule has 0 saturated heterocycles. The maximum absolute atomic E-state index is 12.2. The molecule has 0 bridgehead atoms. The number of hydrogen-bond donors (Lipinski definition) is 1. The van der Waals surface area contributed by atoms with Gasteiger partial charge in [-0.15, -0.1) is 0 Å². The normalized spacial score (nSPS) is 11.9. The highest BCUT2D eigenvalue weighted by Gasteiger charge is 2.18. The Morgan fingerprint density at radius 1 is 1.26 bits per heavy atom. The zero-order valence-electron chi connectivity index (χ0n) is 11.3. The van der Waals surface area contributed by atoms with Crippen molar-refractivity contribution in [3.8, 4) is 11.5 Å². The van der Waals surface area contributed by atoms with Crippen LogP contribution in [0.5, 0.6) is 11.5 Å². The van der Waals surface area contributed by atoms with Gasteiger partial charge in [-0.2, -0.15) is 0 Å². The molecule has 0 saturated carbocycles. The molecule has 0 unspecified atom stereocenters. The maximum atomic E-state index is 12.2. The lowest BCUT2D eigenvalue weighted by Crippen LogP contribution is -1.92. The van der Waals surface area contributed by atoms with Crippen molar-refractivity contribution in [1.29, 1.82) is 0 Å². The maximum Gasteiger partial charge on any atom is 0.354 e. The number of rotatable bonds is 7. The first-order valence-electron chi connectivity index (χ1n) is 5.99. The number of methoxy groups -OCH3 is 1. The fraction of sp³-hybridized carbons (Fsp3) is 0.385. The predicted molar refractivity (Wildman–Crippen MR) is 74.6 cm³/mol. The minimum atomic E-state index is -3.20. The van der Waals surface area contributed by atoms with Gasteiger partial charge < -0.3 is 18.9 Å². The molecule has 1 aromatic rings. The average molecular weight is 286 g/mol. The molecule has 5 nitrogen and oxygen atoms in total. The van der Waals surface area contributed by atoms with E-state index in [4.69, 9.17) is 13.8 Å². The average Bonchev–Trinajstić information content (AvgIpc) is 2.38. The van der Waals surface area contributed by atoms with Gasteiger partial charge in [-0.1, -0.05) is 6.07 Å². The Morgan fingerprint density at radius 3 is 2.42 bits per heavy atom. The van der Waals surface area contributed by atoms with Gasteiger partial charge in [0.2, 0.25) is 0 Å². The van der Waals surface area contributed by atoms with Crippen LogP contribution in [0.15, 0.2) is 24.0 Å². The molecule has 0 atom stereocenters. The SMILES string of the molecule is CCOP(=O)(/C=C/c1ccc(O)c(OC)c1)OCC. The molecule has 0 heterocycles. The lowest BCUT2D eigenvalue weighted by atomic mass is 10.2. The predicted octanol–water partition coefficient (Wildman–Crippen LogP) is 3.64. The molecule has 0 aliphatic carbocycles. The second-order valence-electron chi connectivity index (χ2n) is 3.62. The van der Waals surface area contributed by atoms with Gasteiger partial charge in [0.25, 0.3) is 0 Å². The first-order chi connectivity index (χ1) is 9.04. The van der Waals surface area contributed by atoms with Crippen LogP contribution in [0.3, 0.4) is 0 Å². The number of phenolic OH excluding ortho intramolecular Hbond substituents is 1. The van der Waals surface area contributed by atoms with Crippen LogP contribution in [0.1, 0.15) is 19.4 Å². The van der Waals surface area contributed by atoms with Crippen LogP contribution in [0.25, 0.3) is 6.08 Å². The minimum absolute atomic E-state index is 0.0532. The van der Waals surface area contributed by atoms with Gasteiger partial charge in [0.05, 0.1) is 20.3 Å². The topological polar surface area (TPSA) is 65.0 Å². The molecule has 0 amide bonds. The zero-order chi connectivity index (χ0) is 14.3. The van der Waals surface area contributed by atoms with E-state index in [1.807, 2.05) is 0 Å². The quantitative estimate of drug-likeness (QED) is 0.775. The molecule has 19 heavy (non-hydrogen) atoms. The summed E-state index contributed by atoms with van der Waals surface area (Å²) in [5.74, 6) is 1.81. The fourth-order valence-corrected chi connectivity index (χ4v) is 2.78. The second kappa shape index (κ2) is 7.34. The van der Waals surface area contributed by atoms with Crippen LogP contribution in [0, 0.1) is 0 Å². The molecular formula is C13H19O5P. The summed E-state index contributed by atoms with van der Waals surface area (Å²) in [7, 11) is -1.74. The van der Waals surface area contributed by atoms with Crippen LogP contribution >= 0.6 is 7.60 Å². The van der Waals surface area contributed by atoms with E-state index in [2.05, 4.69) is 0 Å². The van der Waals surface area contributed by atoms with E-state index in [-0.39, 0.29) is 5.75 Å². The van der Waals surface area contributed by atoms with Crippen molar-refractivity contribution >= 4 is 13.7 Å². The largest absolute Gasteiger partial charge is 0.504 e. The van der Waals surface area contributed by atoms with Gasteiger partial charge in [0, 0.05) is 5.82 Å². The van der Waals surface area contributed by atoms with Crippen molar-refractivity contribution in [3.05, 3.63) is 29.6 Å². The van der Waals surface area contributed by atoms with E-state index in [0.29, 0.717) is 19.0 Å². The molecule has 0 aliphatic heterocycles. The Morgan fingerprint density at radius 2 is 1.89 bits per heavy atom. The number of hydrogen-bond acceptors (Lipinski definition) is 5. The van der Waals surface area contributed by atoms with Gasteiger partial charge >= 0.3 is 7.60 Å². The van der Waals surface area contributed by atoms with Crippen LogP contribution in [0.4, 0.5) is 0 Å². The van der Waals surface area contributed by atoms with Crippen molar-refractivity contribution in [1.82, 2.24) is 0 Å². The van der Waals surface area contributed by atoms with E-state index >= 15 is 0 Å². The summed E-state index contributed by atoms with van der Waals surface area (Å²) < 4.78 is 27.5. The molecule has 1 rings (SSSR count). The van der Waals surface area contributed by atoms with Crippen molar-refractivity contribution in [2.45, 2.75) is 13.8 Å². The van der Waals surface area contributed by atoms with Crippen molar-refractivity contribution in [3.63, 3.8) is 0 Å². The third-order valence-corrected chi connectivity index (χ3v) is 4.02. The Bertz CT molecular complexity index is 474. The molecule has 0 spiro atoms. The third-order valence-electron chi connectivity index (χ3n) is 2.27. The summed E-state index contributed by atoms with van der Waals surface area (Å²) in [4.78, 5) is 0. The smallest absolute Gasteiger partial charge is 0.354 e. The van der Waals surface area contributed by atoms with E-state index in [9.17, 15) is 9.67 Å². The Kier molecular flexibility index (Phi) is 6.09. The summed E-state index contributed by atoms with van der Waals surface area (Å²) in [6.07, 6.45) is 1.62. The standard InChI is InChI=1S/C13H19O5P/c1-4-17-19(15,18-5-2)9-8-11-6-7-12(14)13(10-11)16-3/h6-10,14H,4-5H2,1-3H3/b9-8+. The monoisotopic (exact) mass is 286 g/mol. The van der Waals surface area contributed by atoms with Gasteiger partial charge in [-0.05, 0) is 37.6 Å². The molecule has 106 valence electrons. The number of aromatic hydroxyl groups is 1. The van der Waals surface area contributed by atoms with E-state index in [0.717, 1.165) is 5.56 Å². The summed E-state index contributed by atoms with van der Waals surface area (Å²) in [6, 6.07) is 4.81. The molecule has 1 N–H and O–H groups in total. The lowest BCUT2D eigenvalue weighted by molar-refractivity contribution is 0.229. The second-order valence-corrected chi connectivity index (χ2v) is 5.52. The molecule has 0 aromatic heterocycles. The van der Waals surface area contributed by atoms with E-state index in [1.54, 1.807) is 32.1 Å². The molecule has 0 fully saturated rings.